The second-order valence-corrected chi connectivity index (χ2v) is 5.79. The van der Waals surface area contributed by atoms with Crippen molar-refractivity contribution in [1.29, 1.82) is 0 Å². The van der Waals surface area contributed by atoms with Gasteiger partial charge in [0.1, 0.15) is 12.1 Å². The molecule has 2 fully saturated rings. The highest BCUT2D eigenvalue weighted by Gasteiger charge is 2.29. The van der Waals surface area contributed by atoms with Crippen LogP contribution in [-0.2, 0) is 4.79 Å². The lowest BCUT2D eigenvalue weighted by atomic mass is 10.2. The van der Waals surface area contributed by atoms with Gasteiger partial charge in [0, 0.05) is 26.2 Å². The first kappa shape index (κ1) is 18.7. The quantitative estimate of drug-likeness (QED) is 0.819. The van der Waals surface area contributed by atoms with E-state index in [1.54, 1.807) is 10.8 Å². The molecule has 2 saturated heterocycles. The van der Waals surface area contributed by atoms with Crippen molar-refractivity contribution in [3.05, 3.63) is 18.5 Å². The first-order valence-electron chi connectivity index (χ1n) is 7.75. The highest BCUT2D eigenvalue weighted by Crippen LogP contribution is 2.16. The van der Waals surface area contributed by atoms with E-state index in [2.05, 4.69) is 25.5 Å². The normalized spacial score (nSPS) is 20.6. The number of carbonyl (C=O) groups excluding carboxylic acids is 1. The fraction of sp³-hybridized carbons (Fsp3) is 0.571. The largest absolute Gasteiger partial charge is 0.352 e. The van der Waals surface area contributed by atoms with Crippen LogP contribution in [0.3, 0.4) is 0 Å². The Balaban J connectivity index is 0.00000104. The molecule has 2 aliphatic rings. The van der Waals surface area contributed by atoms with Crippen molar-refractivity contribution in [2.45, 2.75) is 18.9 Å². The minimum Gasteiger partial charge on any atom is -0.352 e. The molecule has 4 rings (SSSR count). The maximum Gasteiger partial charge on any atom is 0.239 e. The molecular formula is C14H21Cl2N7O. The lowest BCUT2D eigenvalue weighted by Crippen LogP contribution is -2.53. The number of piperazine rings is 1. The van der Waals surface area contributed by atoms with Crippen molar-refractivity contribution >= 4 is 42.2 Å². The maximum atomic E-state index is 12.4. The number of rotatable bonds is 2. The van der Waals surface area contributed by atoms with Gasteiger partial charge in [-0.2, -0.15) is 4.52 Å². The molecule has 0 unspecified atom stereocenters. The molecule has 8 nitrogen and oxygen atoms in total. The summed E-state index contributed by atoms with van der Waals surface area (Å²) in [7, 11) is 0. The number of halogens is 2. The summed E-state index contributed by atoms with van der Waals surface area (Å²) in [5, 5.41) is 15.6. The third-order valence-electron chi connectivity index (χ3n) is 4.42. The number of amides is 1. The van der Waals surface area contributed by atoms with E-state index in [0.717, 1.165) is 57.0 Å². The molecule has 1 amide bonds. The molecule has 0 radical (unpaired) electrons. The Kier molecular flexibility index (Phi) is 6.20. The number of nitrogens with one attached hydrogen (secondary N) is 1. The number of carbonyl (C=O) groups is 1. The van der Waals surface area contributed by atoms with E-state index in [0.29, 0.717) is 0 Å². The van der Waals surface area contributed by atoms with Crippen molar-refractivity contribution in [3.63, 3.8) is 0 Å². The highest BCUT2D eigenvalue weighted by atomic mass is 35.5. The SMILES string of the molecule is Cl.Cl.O=C([C@@H]1CCCN1)N1CCN(c2ccc3nncn3n2)CC1. The molecule has 4 heterocycles. The molecule has 0 saturated carbocycles. The van der Waals surface area contributed by atoms with Crippen molar-refractivity contribution in [2.75, 3.05) is 37.6 Å². The van der Waals surface area contributed by atoms with Gasteiger partial charge >= 0.3 is 0 Å². The first-order valence-corrected chi connectivity index (χ1v) is 7.75. The average molecular weight is 374 g/mol. The summed E-state index contributed by atoms with van der Waals surface area (Å²) >= 11 is 0. The Morgan fingerprint density at radius 3 is 2.67 bits per heavy atom. The predicted molar refractivity (Wildman–Crippen MR) is 95.1 cm³/mol. The molecule has 2 aromatic heterocycles. The topological polar surface area (TPSA) is 78.7 Å². The van der Waals surface area contributed by atoms with E-state index in [1.165, 1.54) is 0 Å². The van der Waals surface area contributed by atoms with Crippen LogP contribution in [0.1, 0.15) is 12.8 Å². The fourth-order valence-corrected chi connectivity index (χ4v) is 3.16. The zero-order valence-corrected chi connectivity index (χ0v) is 14.8. The smallest absolute Gasteiger partial charge is 0.239 e. The van der Waals surface area contributed by atoms with Crippen LogP contribution in [0, 0.1) is 0 Å². The summed E-state index contributed by atoms with van der Waals surface area (Å²) in [4.78, 5) is 16.6. The van der Waals surface area contributed by atoms with Gasteiger partial charge in [0.2, 0.25) is 5.91 Å². The monoisotopic (exact) mass is 373 g/mol. The number of aromatic nitrogens is 4. The molecule has 0 aliphatic carbocycles. The Bertz CT molecular complexity index is 681. The number of anilines is 1. The van der Waals surface area contributed by atoms with Crippen LogP contribution >= 0.6 is 24.8 Å². The van der Waals surface area contributed by atoms with Crippen LogP contribution in [0.5, 0.6) is 0 Å². The summed E-state index contributed by atoms with van der Waals surface area (Å²) < 4.78 is 1.68. The second kappa shape index (κ2) is 7.96. The molecule has 24 heavy (non-hydrogen) atoms. The Morgan fingerprint density at radius 1 is 1.17 bits per heavy atom. The Morgan fingerprint density at radius 2 is 1.96 bits per heavy atom. The molecule has 2 aliphatic heterocycles. The summed E-state index contributed by atoms with van der Waals surface area (Å²) in [6, 6.07) is 3.90. The van der Waals surface area contributed by atoms with Gasteiger partial charge in [-0.1, -0.05) is 0 Å². The van der Waals surface area contributed by atoms with E-state index in [4.69, 9.17) is 0 Å². The van der Waals surface area contributed by atoms with Gasteiger partial charge in [-0.15, -0.1) is 40.1 Å². The molecule has 1 N–H and O–H groups in total. The molecule has 0 bridgehead atoms. The summed E-state index contributed by atoms with van der Waals surface area (Å²) in [6.07, 6.45) is 3.66. The highest BCUT2D eigenvalue weighted by molar-refractivity contribution is 5.85. The van der Waals surface area contributed by atoms with Gasteiger partial charge in [-0.05, 0) is 31.5 Å². The minimum absolute atomic E-state index is 0. The lowest BCUT2D eigenvalue weighted by Gasteiger charge is -2.36. The van der Waals surface area contributed by atoms with Crippen molar-refractivity contribution in [1.82, 2.24) is 30.0 Å². The molecule has 132 valence electrons. The molecule has 2 aromatic rings. The third-order valence-corrected chi connectivity index (χ3v) is 4.42. The fourth-order valence-electron chi connectivity index (χ4n) is 3.16. The van der Waals surface area contributed by atoms with Crippen LogP contribution in [-0.4, -0.2) is 69.4 Å². The van der Waals surface area contributed by atoms with Crippen LogP contribution in [0.2, 0.25) is 0 Å². The first-order chi connectivity index (χ1) is 10.8. The summed E-state index contributed by atoms with van der Waals surface area (Å²) in [5.41, 5.74) is 0.741. The standard InChI is InChI=1S/C14H19N7O.2ClH/c22-14(11-2-1-5-15-11)20-8-6-19(7-9-20)13-4-3-12-17-16-10-21(12)18-13;;/h3-4,10-11,15H,1-2,5-9H2;2*1H/t11-;;/m0../s1. The number of fused-ring (bicyclic) bond motifs is 1. The Labute approximate surface area is 152 Å². The summed E-state index contributed by atoms with van der Waals surface area (Å²) in [5.74, 6) is 1.15. The van der Waals surface area contributed by atoms with Crippen LogP contribution in [0.15, 0.2) is 18.5 Å². The van der Waals surface area contributed by atoms with Gasteiger partial charge in [-0.25, -0.2) is 0 Å². The molecular weight excluding hydrogens is 353 g/mol. The maximum absolute atomic E-state index is 12.4. The van der Waals surface area contributed by atoms with Crippen molar-refractivity contribution in [2.24, 2.45) is 0 Å². The molecule has 0 spiro atoms. The van der Waals surface area contributed by atoms with E-state index in [1.807, 2.05) is 17.0 Å². The van der Waals surface area contributed by atoms with E-state index >= 15 is 0 Å². The van der Waals surface area contributed by atoms with Crippen molar-refractivity contribution in [3.8, 4) is 0 Å². The zero-order valence-electron chi connectivity index (χ0n) is 13.2. The van der Waals surface area contributed by atoms with Crippen LogP contribution in [0.4, 0.5) is 5.82 Å². The molecule has 0 aromatic carbocycles. The Hall–Kier alpha value is -1.64. The van der Waals surface area contributed by atoms with Gasteiger partial charge in [0.05, 0.1) is 6.04 Å². The van der Waals surface area contributed by atoms with Crippen LogP contribution in [0.25, 0.3) is 5.65 Å². The lowest BCUT2D eigenvalue weighted by molar-refractivity contribution is -0.133. The third kappa shape index (κ3) is 3.55. The molecule has 1 atom stereocenters. The predicted octanol–water partition coefficient (Wildman–Crippen LogP) is 0.368. The minimum atomic E-state index is 0. The average Bonchev–Trinajstić information content (AvgIpc) is 3.25. The number of nitrogens with zero attached hydrogens (tertiary/aromatic N) is 6. The van der Waals surface area contributed by atoms with E-state index < -0.39 is 0 Å². The zero-order chi connectivity index (χ0) is 14.9. The summed E-state index contributed by atoms with van der Waals surface area (Å²) in [6.45, 7) is 4.06. The molecule has 10 heteroatoms. The van der Waals surface area contributed by atoms with Crippen LogP contribution < -0.4 is 10.2 Å². The van der Waals surface area contributed by atoms with Crippen molar-refractivity contribution < 1.29 is 4.79 Å². The van der Waals surface area contributed by atoms with E-state index in [9.17, 15) is 4.79 Å². The number of hydrogen-bond acceptors (Lipinski definition) is 6. The van der Waals surface area contributed by atoms with Gasteiger partial charge in [0.25, 0.3) is 0 Å². The number of hydrogen-bond donors (Lipinski definition) is 1. The van der Waals surface area contributed by atoms with Gasteiger partial charge in [0.15, 0.2) is 5.65 Å². The van der Waals surface area contributed by atoms with E-state index in [-0.39, 0.29) is 36.8 Å². The van der Waals surface area contributed by atoms with Gasteiger partial charge in [-0.3, -0.25) is 4.79 Å². The van der Waals surface area contributed by atoms with Gasteiger partial charge < -0.3 is 15.1 Å². The second-order valence-electron chi connectivity index (χ2n) is 5.79.